The first kappa shape index (κ1) is 8.02. The molecule has 0 aliphatic carbocycles. The van der Waals surface area contributed by atoms with Gasteiger partial charge in [-0.25, -0.2) is 4.52 Å². The molecule has 0 amide bonds. The molecule has 6 nitrogen and oxygen atoms in total. The molecule has 13 heavy (non-hydrogen) atoms. The van der Waals surface area contributed by atoms with Crippen LogP contribution in [0.1, 0.15) is 0 Å². The van der Waals surface area contributed by atoms with Gasteiger partial charge in [-0.05, 0) is 17.6 Å². The summed E-state index contributed by atoms with van der Waals surface area (Å²) < 4.78 is 1.46. The van der Waals surface area contributed by atoms with Gasteiger partial charge in [0.2, 0.25) is 5.95 Å². The van der Waals surface area contributed by atoms with Crippen molar-refractivity contribution in [3.8, 4) is 0 Å². The topological polar surface area (TPSA) is 96.7 Å². The van der Waals surface area contributed by atoms with Crippen molar-refractivity contribution >= 4 is 24.2 Å². The number of rotatable bonds is 1. The van der Waals surface area contributed by atoms with Crippen LogP contribution < -0.4 is 11.2 Å². The van der Waals surface area contributed by atoms with Crippen LogP contribution in [0.4, 0.5) is 5.95 Å². The number of nitrogens with two attached hydrogens (primary N) is 1. The van der Waals surface area contributed by atoms with Gasteiger partial charge in [-0.3, -0.25) is 0 Å². The van der Waals surface area contributed by atoms with E-state index < -0.39 is 7.12 Å². The third kappa shape index (κ3) is 1.34. The van der Waals surface area contributed by atoms with Gasteiger partial charge < -0.3 is 15.8 Å². The highest BCUT2D eigenvalue weighted by molar-refractivity contribution is 6.58. The van der Waals surface area contributed by atoms with Crippen LogP contribution >= 0.6 is 0 Å². The lowest BCUT2D eigenvalue weighted by Crippen LogP contribution is -2.29. The van der Waals surface area contributed by atoms with Crippen LogP contribution in [-0.2, 0) is 0 Å². The molecule has 2 aromatic heterocycles. The summed E-state index contributed by atoms with van der Waals surface area (Å²) in [7, 11) is -1.50. The zero-order chi connectivity index (χ0) is 9.42. The molecule has 0 fully saturated rings. The van der Waals surface area contributed by atoms with Gasteiger partial charge in [0.15, 0.2) is 5.65 Å². The zero-order valence-corrected chi connectivity index (χ0v) is 6.62. The van der Waals surface area contributed by atoms with Crippen molar-refractivity contribution in [3.63, 3.8) is 0 Å². The van der Waals surface area contributed by atoms with E-state index in [1.807, 2.05) is 0 Å². The van der Waals surface area contributed by atoms with Crippen LogP contribution in [0, 0.1) is 0 Å². The highest BCUT2D eigenvalue weighted by Crippen LogP contribution is 1.99. The summed E-state index contributed by atoms with van der Waals surface area (Å²) in [4.78, 5) is 3.86. The van der Waals surface area contributed by atoms with Crippen LogP contribution in [0.2, 0.25) is 0 Å². The van der Waals surface area contributed by atoms with E-state index in [2.05, 4.69) is 10.1 Å². The van der Waals surface area contributed by atoms with Crippen molar-refractivity contribution in [2.45, 2.75) is 0 Å². The predicted octanol–water partition coefficient (Wildman–Crippen LogP) is -2.01. The van der Waals surface area contributed by atoms with E-state index in [1.165, 1.54) is 16.6 Å². The van der Waals surface area contributed by atoms with Crippen molar-refractivity contribution in [3.05, 3.63) is 18.3 Å². The van der Waals surface area contributed by atoms with Crippen LogP contribution in [-0.4, -0.2) is 31.8 Å². The highest BCUT2D eigenvalue weighted by atomic mass is 16.4. The first-order chi connectivity index (χ1) is 6.16. The van der Waals surface area contributed by atoms with Gasteiger partial charge >= 0.3 is 7.12 Å². The molecule has 0 saturated heterocycles. The van der Waals surface area contributed by atoms with Crippen molar-refractivity contribution in [1.82, 2.24) is 14.6 Å². The van der Waals surface area contributed by atoms with Gasteiger partial charge in [-0.2, -0.15) is 4.98 Å². The third-order valence-corrected chi connectivity index (χ3v) is 1.68. The summed E-state index contributed by atoms with van der Waals surface area (Å²) in [5.74, 6) is 0.157. The first-order valence-electron chi connectivity index (χ1n) is 3.65. The van der Waals surface area contributed by atoms with E-state index in [4.69, 9.17) is 15.8 Å². The molecule has 0 atom stereocenters. The van der Waals surface area contributed by atoms with E-state index in [9.17, 15) is 0 Å². The number of hydrogen-bond donors (Lipinski definition) is 3. The Kier molecular flexibility index (Phi) is 1.68. The number of aromatic nitrogens is 3. The Labute approximate surface area is 73.8 Å². The second-order valence-electron chi connectivity index (χ2n) is 2.61. The van der Waals surface area contributed by atoms with Crippen molar-refractivity contribution in [1.29, 1.82) is 0 Å². The number of fused-ring (bicyclic) bond motifs is 1. The second kappa shape index (κ2) is 2.72. The molecule has 2 heterocycles. The Morgan fingerprint density at radius 3 is 2.92 bits per heavy atom. The van der Waals surface area contributed by atoms with Crippen molar-refractivity contribution < 1.29 is 10.0 Å². The molecule has 0 spiro atoms. The molecule has 7 heteroatoms. The Balaban J connectivity index is 2.61. The number of anilines is 1. The summed E-state index contributed by atoms with van der Waals surface area (Å²) in [5, 5.41) is 21.5. The molecule has 66 valence electrons. The Morgan fingerprint density at radius 1 is 1.46 bits per heavy atom. The summed E-state index contributed by atoms with van der Waals surface area (Å²) in [6.45, 7) is 0. The van der Waals surface area contributed by atoms with Gasteiger partial charge in [-0.1, -0.05) is 0 Å². The Bertz CT molecular complexity index is 441. The normalized spacial score (nSPS) is 10.6. The van der Waals surface area contributed by atoms with Gasteiger partial charge in [-0.15, -0.1) is 5.10 Å². The average Bonchev–Trinajstić information content (AvgIpc) is 2.42. The quantitative estimate of drug-likeness (QED) is 0.438. The average molecular weight is 178 g/mol. The Hall–Kier alpha value is -1.60. The van der Waals surface area contributed by atoms with Gasteiger partial charge in [0.1, 0.15) is 0 Å². The molecule has 0 aromatic carbocycles. The minimum absolute atomic E-state index is 0.157. The fraction of sp³-hybridized carbons (Fsp3) is 0. The summed E-state index contributed by atoms with van der Waals surface area (Å²) in [5.41, 5.74) is 6.20. The molecule has 0 unspecified atom stereocenters. The van der Waals surface area contributed by atoms with E-state index in [1.54, 1.807) is 6.20 Å². The molecule has 0 bridgehead atoms. The second-order valence-corrected chi connectivity index (χ2v) is 2.61. The SMILES string of the molecule is Nc1nc2cc(B(O)O)ccn2n1. The lowest BCUT2D eigenvalue weighted by atomic mass is 9.81. The number of hydrogen-bond acceptors (Lipinski definition) is 5. The summed E-state index contributed by atoms with van der Waals surface area (Å²) in [6, 6.07) is 3.04. The summed E-state index contributed by atoms with van der Waals surface area (Å²) >= 11 is 0. The van der Waals surface area contributed by atoms with E-state index in [0.29, 0.717) is 11.1 Å². The maximum absolute atomic E-state index is 8.86. The third-order valence-electron chi connectivity index (χ3n) is 1.68. The number of nitrogens with zero attached hydrogens (tertiary/aromatic N) is 3. The molecular weight excluding hydrogens is 171 g/mol. The van der Waals surface area contributed by atoms with E-state index in [-0.39, 0.29) is 5.95 Å². The first-order valence-corrected chi connectivity index (χ1v) is 3.65. The van der Waals surface area contributed by atoms with Crippen LogP contribution in [0.5, 0.6) is 0 Å². The highest BCUT2D eigenvalue weighted by Gasteiger charge is 2.11. The van der Waals surface area contributed by atoms with Crippen LogP contribution in [0.3, 0.4) is 0 Å². The largest absolute Gasteiger partial charge is 0.488 e. The van der Waals surface area contributed by atoms with Gasteiger partial charge in [0.05, 0.1) is 0 Å². The molecule has 4 N–H and O–H groups in total. The fourth-order valence-corrected chi connectivity index (χ4v) is 1.08. The molecular formula is C6H7BN4O2. The smallest absolute Gasteiger partial charge is 0.423 e. The minimum Gasteiger partial charge on any atom is -0.423 e. The minimum atomic E-state index is -1.50. The lowest BCUT2D eigenvalue weighted by molar-refractivity contribution is 0.425. The Morgan fingerprint density at radius 2 is 2.23 bits per heavy atom. The van der Waals surface area contributed by atoms with Crippen LogP contribution in [0.15, 0.2) is 18.3 Å². The standard InChI is InChI=1S/C6H7BN4O2/c8-6-9-5-3-4(7(12)13)1-2-11(5)10-6/h1-3,12-13H,(H2,8,10). The van der Waals surface area contributed by atoms with Crippen LogP contribution in [0.25, 0.3) is 5.65 Å². The van der Waals surface area contributed by atoms with Crippen molar-refractivity contribution in [2.24, 2.45) is 0 Å². The van der Waals surface area contributed by atoms with Gasteiger partial charge in [0.25, 0.3) is 0 Å². The molecule has 2 rings (SSSR count). The molecule has 0 radical (unpaired) electrons. The summed E-state index contributed by atoms with van der Waals surface area (Å²) in [6.07, 6.45) is 1.56. The van der Waals surface area contributed by atoms with Crippen molar-refractivity contribution in [2.75, 3.05) is 5.73 Å². The maximum atomic E-state index is 8.86. The number of pyridine rings is 1. The maximum Gasteiger partial charge on any atom is 0.488 e. The molecule has 2 aromatic rings. The molecule has 0 aliphatic rings. The van der Waals surface area contributed by atoms with E-state index >= 15 is 0 Å². The lowest BCUT2D eigenvalue weighted by Gasteiger charge is -1.97. The molecule has 0 saturated carbocycles. The monoisotopic (exact) mass is 178 g/mol. The number of nitrogen functional groups attached to an aromatic ring is 1. The molecule has 0 aliphatic heterocycles. The zero-order valence-electron chi connectivity index (χ0n) is 6.62. The predicted molar refractivity (Wildman–Crippen MR) is 47.2 cm³/mol. The van der Waals surface area contributed by atoms with E-state index in [0.717, 1.165) is 0 Å². The fourth-order valence-electron chi connectivity index (χ4n) is 1.08. The van der Waals surface area contributed by atoms with Gasteiger partial charge in [0, 0.05) is 6.20 Å².